The van der Waals surface area contributed by atoms with Crippen LogP contribution in [0.5, 0.6) is 0 Å². The molecule has 0 spiro atoms. The van der Waals surface area contributed by atoms with Crippen LogP contribution in [0, 0.1) is 5.92 Å². The van der Waals surface area contributed by atoms with Gasteiger partial charge in [-0.3, -0.25) is 0 Å². The van der Waals surface area contributed by atoms with E-state index in [0.29, 0.717) is 18.1 Å². The monoisotopic (exact) mass is 324 g/mol. The van der Waals surface area contributed by atoms with Gasteiger partial charge in [-0.25, -0.2) is 4.79 Å². The lowest BCUT2D eigenvalue weighted by atomic mass is 9.95. The molecule has 0 aliphatic rings. The first kappa shape index (κ1) is 22.2. The molecule has 0 bridgehead atoms. The maximum atomic E-state index is 11.5. The lowest BCUT2D eigenvalue weighted by Crippen LogP contribution is -2.15. The minimum absolute atomic E-state index is 0.237. The third-order valence-electron chi connectivity index (χ3n) is 4.48. The van der Waals surface area contributed by atoms with Gasteiger partial charge in [0.05, 0.1) is 6.61 Å². The summed E-state index contributed by atoms with van der Waals surface area (Å²) in [6.45, 7) is 10.4. The van der Waals surface area contributed by atoms with Crippen LogP contribution in [0.2, 0.25) is 0 Å². The van der Waals surface area contributed by atoms with Crippen LogP contribution in [-0.2, 0) is 9.53 Å². The van der Waals surface area contributed by atoms with Gasteiger partial charge >= 0.3 is 5.97 Å². The molecule has 23 heavy (non-hydrogen) atoms. The van der Waals surface area contributed by atoms with Crippen molar-refractivity contribution in [3.05, 3.63) is 12.2 Å². The molecule has 0 heterocycles. The Morgan fingerprint density at radius 2 is 1.30 bits per heavy atom. The zero-order chi connectivity index (χ0) is 17.3. The summed E-state index contributed by atoms with van der Waals surface area (Å²) in [4.78, 5) is 11.5. The normalized spacial score (nSPS) is 12.1. The molecule has 0 aliphatic carbocycles. The minimum atomic E-state index is -0.237. The first-order chi connectivity index (χ1) is 11.1. The quantitative estimate of drug-likeness (QED) is 0.177. The molecule has 136 valence electrons. The molecule has 2 heteroatoms. The summed E-state index contributed by atoms with van der Waals surface area (Å²) in [5.41, 5.74) is 0.502. The molecule has 0 aliphatic heterocycles. The second-order valence-corrected chi connectivity index (χ2v) is 7.00. The van der Waals surface area contributed by atoms with E-state index in [1.54, 1.807) is 6.92 Å². The van der Waals surface area contributed by atoms with Gasteiger partial charge in [-0.2, -0.15) is 0 Å². The standard InChI is InChI=1S/C21H40O2/c1-5-7-9-10-11-12-13-14-15-17-20(16-8-6-2)18-23-21(22)19(3)4/h20H,3,5-18H2,1-2,4H3. The van der Waals surface area contributed by atoms with Crippen molar-refractivity contribution in [2.24, 2.45) is 5.92 Å². The highest BCUT2D eigenvalue weighted by molar-refractivity contribution is 5.86. The fraction of sp³-hybridized carbons (Fsp3) is 0.857. The molecular formula is C21H40O2. The Morgan fingerprint density at radius 3 is 1.83 bits per heavy atom. The molecule has 1 unspecified atom stereocenters. The Hall–Kier alpha value is -0.790. The molecule has 0 saturated carbocycles. The Bertz CT molecular complexity index is 296. The molecule has 1 atom stereocenters. The zero-order valence-electron chi connectivity index (χ0n) is 16.0. The van der Waals surface area contributed by atoms with Crippen molar-refractivity contribution in [2.75, 3.05) is 6.61 Å². The van der Waals surface area contributed by atoms with Crippen molar-refractivity contribution in [3.63, 3.8) is 0 Å². The van der Waals surface area contributed by atoms with Crippen LogP contribution in [0.3, 0.4) is 0 Å². The van der Waals surface area contributed by atoms with Gasteiger partial charge in [0.25, 0.3) is 0 Å². The second-order valence-electron chi connectivity index (χ2n) is 7.00. The first-order valence-electron chi connectivity index (χ1n) is 9.94. The van der Waals surface area contributed by atoms with E-state index in [1.807, 2.05) is 0 Å². The van der Waals surface area contributed by atoms with Gasteiger partial charge < -0.3 is 4.74 Å². The molecule has 0 aromatic carbocycles. The van der Waals surface area contributed by atoms with E-state index in [2.05, 4.69) is 20.4 Å². The highest BCUT2D eigenvalue weighted by Gasteiger charge is 2.12. The van der Waals surface area contributed by atoms with E-state index >= 15 is 0 Å². The summed E-state index contributed by atoms with van der Waals surface area (Å²) < 4.78 is 5.36. The molecular weight excluding hydrogens is 284 g/mol. The largest absolute Gasteiger partial charge is 0.462 e. The van der Waals surface area contributed by atoms with Gasteiger partial charge in [0.15, 0.2) is 0 Å². The van der Waals surface area contributed by atoms with E-state index in [-0.39, 0.29) is 5.97 Å². The van der Waals surface area contributed by atoms with Crippen LogP contribution in [0.1, 0.15) is 104 Å². The van der Waals surface area contributed by atoms with E-state index in [0.717, 1.165) is 0 Å². The number of esters is 1. The number of carbonyl (C=O) groups excluding carboxylic acids is 1. The highest BCUT2D eigenvalue weighted by atomic mass is 16.5. The van der Waals surface area contributed by atoms with Crippen molar-refractivity contribution in [3.8, 4) is 0 Å². The number of ether oxygens (including phenoxy) is 1. The first-order valence-corrected chi connectivity index (χ1v) is 9.94. The topological polar surface area (TPSA) is 26.3 Å². The summed E-state index contributed by atoms with van der Waals surface area (Å²) in [6, 6.07) is 0. The summed E-state index contributed by atoms with van der Waals surface area (Å²) >= 11 is 0. The van der Waals surface area contributed by atoms with Crippen molar-refractivity contribution in [1.29, 1.82) is 0 Å². The predicted octanol–water partition coefficient (Wildman–Crippen LogP) is 6.83. The fourth-order valence-corrected chi connectivity index (χ4v) is 2.86. The van der Waals surface area contributed by atoms with E-state index < -0.39 is 0 Å². The number of hydrogen-bond donors (Lipinski definition) is 0. The van der Waals surface area contributed by atoms with E-state index in [4.69, 9.17) is 4.74 Å². The summed E-state index contributed by atoms with van der Waals surface area (Å²) in [7, 11) is 0. The summed E-state index contributed by atoms with van der Waals surface area (Å²) in [6.07, 6.45) is 17.1. The van der Waals surface area contributed by atoms with E-state index in [1.165, 1.54) is 83.5 Å². The molecule has 0 radical (unpaired) electrons. The third kappa shape index (κ3) is 14.5. The van der Waals surface area contributed by atoms with Crippen LogP contribution in [0.25, 0.3) is 0 Å². The van der Waals surface area contributed by atoms with Gasteiger partial charge in [0.2, 0.25) is 0 Å². The van der Waals surface area contributed by atoms with Crippen molar-refractivity contribution >= 4 is 5.97 Å². The lowest BCUT2D eigenvalue weighted by Gasteiger charge is -2.16. The SMILES string of the molecule is C=C(C)C(=O)OCC(CCCC)CCCCCCCCCCC. The Labute approximate surface area is 145 Å². The number of carbonyl (C=O) groups is 1. The van der Waals surface area contributed by atoms with Gasteiger partial charge in [-0.05, 0) is 25.7 Å². The maximum absolute atomic E-state index is 11.5. The van der Waals surface area contributed by atoms with Gasteiger partial charge in [0.1, 0.15) is 0 Å². The second kappa shape index (κ2) is 16.1. The van der Waals surface area contributed by atoms with Gasteiger partial charge in [0, 0.05) is 5.57 Å². The minimum Gasteiger partial charge on any atom is -0.462 e. The smallest absolute Gasteiger partial charge is 0.333 e. The number of hydrogen-bond acceptors (Lipinski definition) is 2. The van der Waals surface area contributed by atoms with Crippen LogP contribution in [0.4, 0.5) is 0 Å². The molecule has 0 rings (SSSR count). The molecule has 0 aromatic heterocycles. The van der Waals surface area contributed by atoms with Crippen molar-refractivity contribution < 1.29 is 9.53 Å². The zero-order valence-corrected chi connectivity index (χ0v) is 16.0. The summed E-state index contributed by atoms with van der Waals surface area (Å²) in [5, 5.41) is 0. The van der Waals surface area contributed by atoms with E-state index in [9.17, 15) is 4.79 Å². The Kier molecular flexibility index (Phi) is 15.5. The third-order valence-corrected chi connectivity index (χ3v) is 4.48. The number of rotatable bonds is 16. The average molecular weight is 325 g/mol. The molecule has 0 fully saturated rings. The molecule has 2 nitrogen and oxygen atoms in total. The molecule has 0 N–H and O–H groups in total. The van der Waals surface area contributed by atoms with Crippen LogP contribution < -0.4 is 0 Å². The van der Waals surface area contributed by atoms with Crippen molar-refractivity contribution in [2.45, 2.75) is 104 Å². The fourth-order valence-electron chi connectivity index (χ4n) is 2.86. The average Bonchev–Trinajstić information content (AvgIpc) is 2.54. The molecule has 0 aromatic rings. The van der Waals surface area contributed by atoms with Gasteiger partial charge in [-0.1, -0.05) is 91.1 Å². The highest BCUT2D eigenvalue weighted by Crippen LogP contribution is 2.19. The maximum Gasteiger partial charge on any atom is 0.333 e. The Morgan fingerprint density at radius 1 is 0.826 bits per heavy atom. The summed E-state index contributed by atoms with van der Waals surface area (Å²) in [5.74, 6) is 0.293. The van der Waals surface area contributed by atoms with Crippen molar-refractivity contribution in [1.82, 2.24) is 0 Å². The Balaban J connectivity index is 3.71. The van der Waals surface area contributed by atoms with Gasteiger partial charge in [-0.15, -0.1) is 0 Å². The predicted molar refractivity (Wildman–Crippen MR) is 101 cm³/mol. The van der Waals surface area contributed by atoms with Crippen LogP contribution >= 0.6 is 0 Å². The van der Waals surface area contributed by atoms with Crippen LogP contribution in [0.15, 0.2) is 12.2 Å². The lowest BCUT2D eigenvalue weighted by molar-refractivity contribution is -0.140. The molecule has 0 saturated heterocycles. The molecule has 0 amide bonds. The number of unbranched alkanes of at least 4 members (excludes halogenated alkanes) is 9. The van der Waals surface area contributed by atoms with Crippen LogP contribution in [-0.4, -0.2) is 12.6 Å².